The predicted molar refractivity (Wildman–Crippen MR) is 78.7 cm³/mol. The summed E-state index contributed by atoms with van der Waals surface area (Å²) >= 11 is 0. The number of amides is 1. The predicted octanol–water partition coefficient (Wildman–Crippen LogP) is 3.05. The second-order valence-electron chi connectivity index (χ2n) is 5.55. The second kappa shape index (κ2) is 11.5. The fraction of sp³-hybridized carbons (Fsp3) is 0.933. The van der Waals surface area contributed by atoms with Gasteiger partial charge in [0.25, 0.3) is 0 Å². The van der Waals surface area contributed by atoms with Gasteiger partial charge in [0.2, 0.25) is 5.91 Å². The van der Waals surface area contributed by atoms with Gasteiger partial charge in [0.15, 0.2) is 0 Å². The molecule has 18 heavy (non-hydrogen) atoms. The summed E-state index contributed by atoms with van der Waals surface area (Å²) < 4.78 is 0. The molecule has 0 spiro atoms. The first-order chi connectivity index (χ1) is 8.57. The van der Waals surface area contributed by atoms with Crippen LogP contribution < -0.4 is 5.32 Å². The van der Waals surface area contributed by atoms with Gasteiger partial charge >= 0.3 is 0 Å². The van der Waals surface area contributed by atoms with Crippen LogP contribution in [0.3, 0.4) is 0 Å². The van der Waals surface area contributed by atoms with E-state index in [0.29, 0.717) is 0 Å². The molecule has 0 aromatic carbocycles. The first-order valence-corrected chi connectivity index (χ1v) is 7.50. The number of nitrogens with one attached hydrogen (secondary N) is 1. The first-order valence-electron chi connectivity index (χ1n) is 7.50. The molecule has 0 aliphatic heterocycles. The highest BCUT2D eigenvalue weighted by Crippen LogP contribution is 2.05. The van der Waals surface area contributed by atoms with Crippen LogP contribution in [-0.2, 0) is 4.79 Å². The molecule has 0 aliphatic rings. The average molecular weight is 256 g/mol. The van der Waals surface area contributed by atoms with E-state index in [2.05, 4.69) is 31.2 Å². The first kappa shape index (κ1) is 17.4. The van der Waals surface area contributed by atoms with Crippen LogP contribution in [0.2, 0.25) is 0 Å². The highest BCUT2D eigenvalue weighted by molar-refractivity contribution is 5.78. The van der Waals surface area contributed by atoms with Gasteiger partial charge in [-0.2, -0.15) is 0 Å². The molecule has 0 rings (SSSR count). The van der Waals surface area contributed by atoms with Crippen molar-refractivity contribution in [2.45, 2.75) is 58.8 Å². The van der Waals surface area contributed by atoms with Gasteiger partial charge in [-0.3, -0.25) is 4.79 Å². The van der Waals surface area contributed by atoms with Gasteiger partial charge in [0, 0.05) is 12.5 Å². The van der Waals surface area contributed by atoms with Crippen molar-refractivity contribution in [1.82, 2.24) is 10.2 Å². The summed E-state index contributed by atoms with van der Waals surface area (Å²) in [4.78, 5) is 13.9. The van der Waals surface area contributed by atoms with Gasteiger partial charge in [-0.25, -0.2) is 0 Å². The SMILES string of the molecule is CCC[C@@H](C)C(=O)NCCCCCCCN(C)C. The minimum Gasteiger partial charge on any atom is -0.356 e. The average Bonchev–Trinajstić information content (AvgIpc) is 2.32. The number of carbonyl (C=O) groups excluding carboxylic acids is 1. The maximum absolute atomic E-state index is 11.6. The van der Waals surface area contributed by atoms with E-state index in [1.54, 1.807) is 0 Å². The monoisotopic (exact) mass is 256 g/mol. The Morgan fingerprint density at radius 1 is 1.11 bits per heavy atom. The van der Waals surface area contributed by atoms with Crippen LogP contribution in [0.25, 0.3) is 0 Å². The van der Waals surface area contributed by atoms with Crippen molar-refractivity contribution in [2.24, 2.45) is 5.92 Å². The molecule has 0 aliphatic carbocycles. The summed E-state index contributed by atoms with van der Waals surface area (Å²) in [7, 11) is 4.24. The molecule has 0 radical (unpaired) electrons. The van der Waals surface area contributed by atoms with E-state index in [0.717, 1.165) is 25.8 Å². The van der Waals surface area contributed by atoms with Gasteiger partial charge in [0.05, 0.1) is 0 Å². The van der Waals surface area contributed by atoms with Crippen LogP contribution >= 0.6 is 0 Å². The molecule has 0 unspecified atom stereocenters. The Hall–Kier alpha value is -0.570. The number of hydrogen-bond acceptors (Lipinski definition) is 2. The quantitative estimate of drug-likeness (QED) is 0.576. The summed E-state index contributed by atoms with van der Waals surface area (Å²) in [5.41, 5.74) is 0. The van der Waals surface area contributed by atoms with E-state index < -0.39 is 0 Å². The van der Waals surface area contributed by atoms with Crippen LogP contribution in [0.5, 0.6) is 0 Å². The summed E-state index contributed by atoms with van der Waals surface area (Å²) in [5, 5.41) is 3.03. The van der Waals surface area contributed by atoms with Gasteiger partial charge in [0.1, 0.15) is 0 Å². The number of unbranched alkanes of at least 4 members (excludes halogenated alkanes) is 4. The molecule has 0 aromatic heterocycles. The van der Waals surface area contributed by atoms with E-state index in [-0.39, 0.29) is 11.8 Å². The maximum Gasteiger partial charge on any atom is 0.222 e. The van der Waals surface area contributed by atoms with Gasteiger partial charge in [-0.05, 0) is 39.9 Å². The third kappa shape index (κ3) is 10.6. The zero-order chi connectivity index (χ0) is 13.8. The summed E-state index contributed by atoms with van der Waals surface area (Å²) in [6.45, 7) is 6.17. The molecular formula is C15H32N2O. The van der Waals surface area contributed by atoms with E-state index in [9.17, 15) is 4.79 Å². The van der Waals surface area contributed by atoms with Crippen LogP contribution in [0, 0.1) is 5.92 Å². The Morgan fingerprint density at radius 3 is 2.33 bits per heavy atom. The third-order valence-corrected chi connectivity index (χ3v) is 3.25. The molecule has 1 N–H and O–H groups in total. The van der Waals surface area contributed by atoms with Crippen molar-refractivity contribution in [3.8, 4) is 0 Å². The van der Waals surface area contributed by atoms with Crippen molar-refractivity contribution in [2.75, 3.05) is 27.2 Å². The summed E-state index contributed by atoms with van der Waals surface area (Å²) in [6, 6.07) is 0. The molecule has 108 valence electrons. The Morgan fingerprint density at radius 2 is 1.72 bits per heavy atom. The van der Waals surface area contributed by atoms with Crippen molar-refractivity contribution >= 4 is 5.91 Å². The minimum atomic E-state index is 0.176. The van der Waals surface area contributed by atoms with Gasteiger partial charge < -0.3 is 10.2 Å². The van der Waals surface area contributed by atoms with Gasteiger partial charge in [-0.15, -0.1) is 0 Å². The van der Waals surface area contributed by atoms with Crippen molar-refractivity contribution in [3.63, 3.8) is 0 Å². The number of rotatable bonds is 11. The molecular weight excluding hydrogens is 224 g/mol. The Balaban J connectivity index is 3.27. The molecule has 0 bridgehead atoms. The third-order valence-electron chi connectivity index (χ3n) is 3.25. The zero-order valence-corrected chi connectivity index (χ0v) is 12.8. The molecule has 0 saturated carbocycles. The van der Waals surface area contributed by atoms with Crippen molar-refractivity contribution in [1.29, 1.82) is 0 Å². The topological polar surface area (TPSA) is 32.3 Å². The molecule has 0 heterocycles. The second-order valence-corrected chi connectivity index (χ2v) is 5.55. The fourth-order valence-corrected chi connectivity index (χ4v) is 2.03. The lowest BCUT2D eigenvalue weighted by atomic mass is 10.1. The van der Waals surface area contributed by atoms with Crippen LogP contribution in [0.1, 0.15) is 58.8 Å². The maximum atomic E-state index is 11.6. The van der Waals surface area contributed by atoms with E-state index in [1.807, 2.05) is 6.92 Å². The number of carbonyl (C=O) groups is 1. The van der Waals surface area contributed by atoms with Crippen LogP contribution in [0.4, 0.5) is 0 Å². The van der Waals surface area contributed by atoms with Crippen LogP contribution in [0.15, 0.2) is 0 Å². The lowest BCUT2D eigenvalue weighted by Crippen LogP contribution is -2.29. The van der Waals surface area contributed by atoms with Gasteiger partial charge in [-0.1, -0.05) is 39.5 Å². The largest absolute Gasteiger partial charge is 0.356 e. The standard InChI is InChI=1S/C15H32N2O/c1-5-11-14(2)15(18)16-12-9-7-6-8-10-13-17(3)4/h14H,5-13H2,1-4H3,(H,16,18)/t14-/m1/s1. The molecule has 1 amide bonds. The Bertz CT molecular complexity index is 205. The van der Waals surface area contributed by atoms with E-state index >= 15 is 0 Å². The molecule has 3 nitrogen and oxygen atoms in total. The Kier molecular flexibility index (Phi) is 11.2. The molecule has 1 atom stereocenters. The molecule has 3 heteroatoms. The number of nitrogens with zero attached hydrogens (tertiary/aromatic N) is 1. The molecule has 0 saturated heterocycles. The molecule has 0 fully saturated rings. The van der Waals surface area contributed by atoms with Crippen molar-refractivity contribution in [3.05, 3.63) is 0 Å². The highest BCUT2D eigenvalue weighted by atomic mass is 16.1. The summed E-state index contributed by atoms with van der Waals surface area (Å²) in [6.07, 6.45) is 8.30. The van der Waals surface area contributed by atoms with E-state index in [4.69, 9.17) is 0 Å². The lowest BCUT2D eigenvalue weighted by molar-refractivity contribution is -0.124. The summed E-state index contributed by atoms with van der Waals surface area (Å²) in [5.74, 6) is 0.402. The molecule has 0 aromatic rings. The smallest absolute Gasteiger partial charge is 0.222 e. The minimum absolute atomic E-state index is 0.176. The van der Waals surface area contributed by atoms with E-state index in [1.165, 1.54) is 32.2 Å². The van der Waals surface area contributed by atoms with Crippen molar-refractivity contribution < 1.29 is 4.79 Å². The highest BCUT2D eigenvalue weighted by Gasteiger charge is 2.09. The zero-order valence-electron chi connectivity index (χ0n) is 12.8. The Labute approximate surface area is 113 Å². The lowest BCUT2D eigenvalue weighted by Gasteiger charge is -2.11. The normalized spacial score (nSPS) is 12.7. The fourth-order valence-electron chi connectivity index (χ4n) is 2.03. The van der Waals surface area contributed by atoms with Crippen LogP contribution in [-0.4, -0.2) is 38.0 Å². The number of hydrogen-bond donors (Lipinski definition) is 1.